The molecule has 188 valence electrons. The van der Waals surface area contributed by atoms with Gasteiger partial charge in [-0.15, -0.1) is 0 Å². The van der Waals surface area contributed by atoms with Gasteiger partial charge in [-0.1, -0.05) is 49.7 Å². The Morgan fingerprint density at radius 3 is 2.47 bits per heavy atom. The van der Waals surface area contributed by atoms with E-state index in [0.717, 1.165) is 41.7 Å². The molecule has 0 radical (unpaired) electrons. The lowest BCUT2D eigenvalue weighted by molar-refractivity contribution is -0.126. The second-order valence-corrected chi connectivity index (χ2v) is 9.21. The fourth-order valence-corrected chi connectivity index (χ4v) is 4.53. The van der Waals surface area contributed by atoms with Gasteiger partial charge in [0, 0.05) is 43.0 Å². The summed E-state index contributed by atoms with van der Waals surface area (Å²) in [4.78, 5) is 40.3. The molecular weight excluding hydrogens is 452 g/mol. The molecule has 1 fully saturated rings. The van der Waals surface area contributed by atoms with Crippen molar-refractivity contribution in [1.82, 2.24) is 10.6 Å². The van der Waals surface area contributed by atoms with Crippen LogP contribution in [0.3, 0.4) is 0 Å². The van der Waals surface area contributed by atoms with Gasteiger partial charge in [0.1, 0.15) is 6.04 Å². The normalized spacial score (nSPS) is 13.9. The van der Waals surface area contributed by atoms with Gasteiger partial charge in [0.15, 0.2) is 0 Å². The molecule has 4 rings (SSSR count). The van der Waals surface area contributed by atoms with Gasteiger partial charge in [-0.2, -0.15) is 0 Å². The monoisotopic (exact) mass is 486 g/mol. The van der Waals surface area contributed by atoms with Crippen LogP contribution in [0.4, 0.5) is 11.4 Å². The van der Waals surface area contributed by atoms with Crippen LogP contribution in [-0.2, 0) is 9.59 Å². The number of benzene rings is 3. The van der Waals surface area contributed by atoms with Crippen molar-refractivity contribution in [2.45, 2.75) is 45.1 Å². The minimum Gasteiger partial charge on any atom is -0.371 e. The molecule has 3 amide bonds. The molecule has 7 heteroatoms. The first-order valence-electron chi connectivity index (χ1n) is 12.8. The third-order valence-electron chi connectivity index (χ3n) is 6.46. The maximum atomic E-state index is 12.9. The smallest absolute Gasteiger partial charge is 0.251 e. The van der Waals surface area contributed by atoms with Crippen LogP contribution in [0.25, 0.3) is 10.8 Å². The first-order valence-corrected chi connectivity index (χ1v) is 12.8. The maximum absolute atomic E-state index is 12.9. The molecule has 1 aliphatic heterocycles. The largest absolute Gasteiger partial charge is 0.371 e. The van der Waals surface area contributed by atoms with Crippen LogP contribution >= 0.6 is 0 Å². The Morgan fingerprint density at radius 2 is 1.69 bits per heavy atom. The predicted molar refractivity (Wildman–Crippen MR) is 144 cm³/mol. The molecule has 0 aromatic heterocycles. The van der Waals surface area contributed by atoms with Crippen LogP contribution in [0.15, 0.2) is 66.7 Å². The maximum Gasteiger partial charge on any atom is 0.251 e. The molecule has 0 aliphatic carbocycles. The minimum atomic E-state index is -0.630. The molecule has 1 saturated heterocycles. The number of anilines is 2. The fraction of sp³-hybridized carbons (Fsp3) is 0.345. The number of amides is 3. The van der Waals surface area contributed by atoms with Crippen LogP contribution in [0, 0.1) is 0 Å². The summed E-state index contributed by atoms with van der Waals surface area (Å²) in [5.41, 5.74) is 2.37. The van der Waals surface area contributed by atoms with Gasteiger partial charge in [0.05, 0.1) is 0 Å². The summed E-state index contributed by atoms with van der Waals surface area (Å²) in [6.45, 7) is 4.23. The van der Waals surface area contributed by atoms with Crippen LogP contribution in [0.2, 0.25) is 0 Å². The van der Waals surface area contributed by atoms with Crippen molar-refractivity contribution < 1.29 is 14.4 Å². The van der Waals surface area contributed by atoms with Gasteiger partial charge in [-0.05, 0) is 60.4 Å². The zero-order valence-corrected chi connectivity index (χ0v) is 20.8. The number of carbonyl (C=O) groups excluding carboxylic acids is 3. The Kier molecular flexibility index (Phi) is 8.55. The molecule has 0 bridgehead atoms. The van der Waals surface area contributed by atoms with E-state index in [0.29, 0.717) is 12.0 Å². The summed E-state index contributed by atoms with van der Waals surface area (Å²) >= 11 is 0. The molecule has 36 heavy (non-hydrogen) atoms. The first kappa shape index (κ1) is 25.2. The minimum absolute atomic E-state index is 0.0945. The summed E-state index contributed by atoms with van der Waals surface area (Å²) in [5.74, 6) is -0.730. The summed E-state index contributed by atoms with van der Waals surface area (Å²) < 4.78 is 0. The topological polar surface area (TPSA) is 90.5 Å². The Labute approximate surface area is 212 Å². The molecular formula is C29H34N4O3. The average Bonchev–Trinajstić information content (AvgIpc) is 3.43. The number of nitrogens with zero attached hydrogens (tertiary/aromatic N) is 1. The zero-order chi connectivity index (χ0) is 25.3. The molecule has 3 aromatic carbocycles. The highest BCUT2D eigenvalue weighted by Crippen LogP contribution is 2.23. The predicted octanol–water partition coefficient (Wildman–Crippen LogP) is 4.48. The van der Waals surface area contributed by atoms with Crippen LogP contribution < -0.4 is 20.9 Å². The second kappa shape index (κ2) is 12.2. The number of fused-ring (bicyclic) bond motifs is 1. The number of nitrogens with one attached hydrogen (secondary N) is 3. The van der Waals surface area contributed by atoms with Crippen LogP contribution in [0.1, 0.15) is 49.4 Å². The van der Waals surface area contributed by atoms with E-state index in [1.54, 1.807) is 6.07 Å². The van der Waals surface area contributed by atoms with Crippen molar-refractivity contribution in [2.75, 3.05) is 29.9 Å². The number of hydrogen-bond donors (Lipinski definition) is 3. The highest BCUT2D eigenvalue weighted by molar-refractivity contribution is 5.99. The second-order valence-electron chi connectivity index (χ2n) is 9.21. The van der Waals surface area contributed by atoms with Gasteiger partial charge in [0.2, 0.25) is 11.8 Å². The van der Waals surface area contributed by atoms with Crippen molar-refractivity contribution >= 4 is 39.9 Å². The van der Waals surface area contributed by atoms with Gasteiger partial charge in [-0.25, -0.2) is 0 Å². The lowest BCUT2D eigenvalue weighted by Crippen LogP contribution is -2.44. The van der Waals surface area contributed by atoms with Crippen molar-refractivity contribution in [3.05, 3.63) is 72.3 Å². The molecule has 1 atom stereocenters. The number of carbonyl (C=O) groups is 3. The van der Waals surface area contributed by atoms with E-state index in [1.807, 2.05) is 61.5 Å². The first-order chi connectivity index (χ1) is 17.5. The van der Waals surface area contributed by atoms with Crippen LogP contribution in [-0.4, -0.2) is 43.4 Å². The van der Waals surface area contributed by atoms with Crippen molar-refractivity contribution in [3.63, 3.8) is 0 Å². The molecule has 3 aromatic rings. The lowest BCUT2D eigenvalue weighted by atomic mass is 10.1. The van der Waals surface area contributed by atoms with Crippen molar-refractivity contribution in [1.29, 1.82) is 0 Å². The van der Waals surface area contributed by atoms with Crippen molar-refractivity contribution in [3.8, 4) is 0 Å². The van der Waals surface area contributed by atoms with Crippen LogP contribution in [0.5, 0.6) is 0 Å². The number of hydrogen-bond acceptors (Lipinski definition) is 4. The quantitative estimate of drug-likeness (QED) is 0.394. The zero-order valence-electron chi connectivity index (χ0n) is 20.8. The molecule has 1 unspecified atom stereocenters. The number of rotatable bonds is 10. The van der Waals surface area contributed by atoms with E-state index in [1.165, 1.54) is 12.8 Å². The Bertz CT molecular complexity index is 1220. The third-order valence-corrected chi connectivity index (χ3v) is 6.46. The summed E-state index contributed by atoms with van der Waals surface area (Å²) in [6, 6.07) is 20.6. The summed E-state index contributed by atoms with van der Waals surface area (Å²) in [7, 11) is 0. The van der Waals surface area contributed by atoms with Gasteiger partial charge < -0.3 is 20.9 Å². The van der Waals surface area contributed by atoms with E-state index in [4.69, 9.17) is 0 Å². The lowest BCUT2D eigenvalue weighted by Gasteiger charge is -2.20. The van der Waals surface area contributed by atoms with E-state index < -0.39 is 6.04 Å². The summed E-state index contributed by atoms with van der Waals surface area (Å²) in [5, 5.41) is 10.6. The fourth-order valence-electron chi connectivity index (χ4n) is 4.53. The summed E-state index contributed by atoms with van der Waals surface area (Å²) in [6.07, 6.45) is 3.75. The van der Waals surface area contributed by atoms with E-state index in [2.05, 4.69) is 26.9 Å². The molecule has 0 spiro atoms. The van der Waals surface area contributed by atoms with Gasteiger partial charge >= 0.3 is 0 Å². The SMILES string of the molecule is CCCC(NC(=O)CCNC(=O)c1ccc2ccccc2c1)C(=O)Nc1cccc(N2CCCC2)c1. The van der Waals surface area contributed by atoms with E-state index in [-0.39, 0.29) is 30.7 Å². The molecule has 0 saturated carbocycles. The highest BCUT2D eigenvalue weighted by atomic mass is 16.2. The molecule has 1 heterocycles. The Hall–Kier alpha value is -3.87. The molecule has 1 aliphatic rings. The average molecular weight is 487 g/mol. The Morgan fingerprint density at radius 1 is 0.917 bits per heavy atom. The highest BCUT2D eigenvalue weighted by Gasteiger charge is 2.21. The molecule has 7 nitrogen and oxygen atoms in total. The van der Waals surface area contributed by atoms with Crippen molar-refractivity contribution in [2.24, 2.45) is 0 Å². The third kappa shape index (κ3) is 6.62. The van der Waals surface area contributed by atoms with E-state index >= 15 is 0 Å². The van der Waals surface area contributed by atoms with E-state index in [9.17, 15) is 14.4 Å². The van der Waals surface area contributed by atoms with Gasteiger partial charge in [-0.3, -0.25) is 14.4 Å². The molecule has 3 N–H and O–H groups in total. The van der Waals surface area contributed by atoms with Gasteiger partial charge in [0.25, 0.3) is 5.91 Å². The standard InChI is InChI=1S/C29H34N4O3/c1-2-8-26(29(36)31-24-11-7-12-25(20-24)33-17-5-6-18-33)32-27(34)15-16-30-28(35)23-14-13-21-9-3-4-10-22(21)19-23/h3-4,7,9-14,19-20,26H,2,5-6,8,15-18H2,1H3,(H,30,35)(H,31,36)(H,32,34). The Balaban J connectivity index is 1.27.